The normalized spacial score (nSPS) is 11.6. The molecule has 1 aromatic rings. The van der Waals surface area contributed by atoms with Crippen LogP contribution in [0.15, 0.2) is 24.3 Å². The minimum atomic E-state index is -0.631. The Morgan fingerprint density at radius 2 is 1.88 bits per heavy atom. The summed E-state index contributed by atoms with van der Waals surface area (Å²) in [6, 6.07) is 6.12. The highest BCUT2D eigenvalue weighted by Crippen LogP contribution is 2.10. The van der Waals surface area contributed by atoms with Gasteiger partial charge in [-0.3, -0.25) is 5.01 Å². The summed E-state index contributed by atoms with van der Waals surface area (Å²) in [7, 11) is 0. The molecule has 0 spiro atoms. The summed E-state index contributed by atoms with van der Waals surface area (Å²) in [6.45, 7) is 11.4. The van der Waals surface area contributed by atoms with Gasteiger partial charge >= 0.3 is 6.09 Å². The second-order valence-electron chi connectivity index (χ2n) is 7.51. The minimum absolute atomic E-state index is 0.207. The highest BCUT2D eigenvalue weighted by atomic mass is 32.1. The SMILES string of the molecule is CC(C)(C)NC(=S)N(Cc1cccc(F)c1)NC(=O)OC(C)(C)C. The van der Waals surface area contributed by atoms with Crippen molar-refractivity contribution in [3.8, 4) is 0 Å². The van der Waals surface area contributed by atoms with E-state index in [1.54, 1.807) is 32.9 Å². The molecule has 0 aromatic heterocycles. The van der Waals surface area contributed by atoms with Crippen LogP contribution in [0, 0.1) is 5.82 Å². The van der Waals surface area contributed by atoms with Crippen molar-refractivity contribution in [2.75, 3.05) is 0 Å². The zero-order valence-corrected chi connectivity index (χ0v) is 15.9. The van der Waals surface area contributed by atoms with Crippen LogP contribution in [-0.2, 0) is 11.3 Å². The highest BCUT2D eigenvalue weighted by molar-refractivity contribution is 7.80. The van der Waals surface area contributed by atoms with E-state index in [1.165, 1.54) is 17.1 Å². The molecule has 0 atom stereocenters. The van der Waals surface area contributed by atoms with Crippen molar-refractivity contribution >= 4 is 23.4 Å². The first-order valence-electron chi connectivity index (χ1n) is 7.69. The number of hydrogen-bond donors (Lipinski definition) is 2. The highest BCUT2D eigenvalue weighted by Gasteiger charge is 2.22. The molecule has 0 aliphatic carbocycles. The minimum Gasteiger partial charge on any atom is -0.443 e. The van der Waals surface area contributed by atoms with Crippen LogP contribution in [0.5, 0.6) is 0 Å². The van der Waals surface area contributed by atoms with Crippen LogP contribution in [0.3, 0.4) is 0 Å². The Labute approximate surface area is 148 Å². The number of amides is 1. The largest absolute Gasteiger partial charge is 0.443 e. The Hall–Kier alpha value is -1.89. The first-order chi connectivity index (χ1) is 10.9. The van der Waals surface area contributed by atoms with E-state index >= 15 is 0 Å². The fourth-order valence-corrected chi connectivity index (χ4v) is 2.20. The Morgan fingerprint density at radius 1 is 1.25 bits per heavy atom. The van der Waals surface area contributed by atoms with Gasteiger partial charge in [0.25, 0.3) is 0 Å². The van der Waals surface area contributed by atoms with Crippen LogP contribution in [0.4, 0.5) is 9.18 Å². The van der Waals surface area contributed by atoms with E-state index in [2.05, 4.69) is 10.7 Å². The monoisotopic (exact) mass is 355 g/mol. The van der Waals surface area contributed by atoms with Gasteiger partial charge in [0.15, 0.2) is 5.11 Å². The van der Waals surface area contributed by atoms with Crippen molar-refractivity contribution in [1.82, 2.24) is 15.8 Å². The number of thiocarbonyl (C=S) groups is 1. The molecule has 1 amide bonds. The molecular weight excluding hydrogens is 329 g/mol. The van der Waals surface area contributed by atoms with Crippen LogP contribution in [-0.4, -0.2) is 27.4 Å². The van der Waals surface area contributed by atoms with Crippen LogP contribution < -0.4 is 10.7 Å². The predicted octanol–water partition coefficient (Wildman–Crippen LogP) is 3.74. The van der Waals surface area contributed by atoms with Crippen LogP contribution >= 0.6 is 12.2 Å². The quantitative estimate of drug-likeness (QED) is 0.625. The van der Waals surface area contributed by atoms with Crippen molar-refractivity contribution in [2.24, 2.45) is 0 Å². The Balaban J connectivity index is 2.90. The van der Waals surface area contributed by atoms with Crippen LogP contribution in [0.25, 0.3) is 0 Å². The van der Waals surface area contributed by atoms with E-state index in [4.69, 9.17) is 17.0 Å². The Morgan fingerprint density at radius 3 is 2.38 bits per heavy atom. The lowest BCUT2D eigenvalue weighted by molar-refractivity contribution is 0.0407. The number of halogens is 1. The summed E-state index contributed by atoms with van der Waals surface area (Å²) in [5.41, 5.74) is 2.36. The summed E-state index contributed by atoms with van der Waals surface area (Å²) >= 11 is 5.37. The molecule has 2 N–H and O–H groups in total. The first-order valence-corrected chi connectivity index (χ1v) is 8.10. The van der Waals surface area contributed by atoms with E-state index in [1.807, 2.05) is 20.8 Å². The third kappa shape index (κ3) is 8.10. The van der Waals surface area contributed by atoms with Gasteiger partial charge < -0.3 is 10.1 Å². The number of hydrogen-bond acceptors (Lipinski definition) is 3. The predicted molar refractivity (Wildman–Crippen MR) is 96.8 cm³/mol. The molecule has 5 nitrogen and oxygen atoms in total. The first kappa shape index (κ1) is 20.2. The average Bonchev–Trinajstić information content (AvgIpc) is 2.33. The second kappa shape index (κ2) is 7.79. The fraction of sp³-hybridized carbons (Fsp3) is 0.529. The van der Waals surface area contributed by atoms with Gasteiger partial charge in [-0.05, 0) is 71.5 Å². The molecule has 0 radical (unpaired) electrons. The summed E-state index contributed by atoms with van der Waals surface area (Å²) in [4.78, 5) is 12.1. The molecule has 0 bridgehead atoms. The molecule has 0 unspecified atom stereocenters. The van der Waals surface area contributed by atoms with Crippen molar-refractivity contribution in [3.63, 3.8) is 0 Å². The zero-order valence-electron chi connectivity index (χ0n) is 15.1. The molecule has 24 heavy (non-hydrogen) atoms. The number of carbonyl (C=O) groups is 1. The van der Waals surface area contributed by atoms with Crippen LogP contribution in [0.1, 0.15) is 47.1 Å². The molecule has 7 heteroatoms. The van der Waals surface area contributed by atoms with Gasteiger partial charge in [0, 0.05) is 5.54 Å². The van der Waals surface area contributed by atoms with Crippen LogP contribution in [0.2, 0.25) is 0 Å². The van der Waals surface area contributed by atoms with Gasteiger partial charge in [-0.1, -0.05) is 12.1 Å². The van der Waals surface area contributed by atoms with Gasteiger partial charge in [-0.15, -0.1) is 0 Å². The molecule has 1 aromatic carbocycles. The summed E-state index contributed by atoms with van der Waals surface area (Å²) in [5.74, 6) is -0.348. The fourth-order valence-electron chi connectivity index (χ4n) is 1.78. The number of carbonyl (C=O) groups excluding carboxylic acids is 1. The standard InChI is InChI=1S/C17H26FN3O2S/c1-16(2,3)19-14(24)21(20-15(22)23-17(4,5)6)11-12-8-7-9-13(18)10-12/h7-10H,11H2,1-6H3,(H,19,24)(H,20,22). The van der Waals surface area contributed by atoms with E-state index in [0.29, 0.717) is 10.7 Å². The zero-order chi connectivity index (χ0) is 18.5. The third-order valence-corrected chi connectivity index (χ3v) is 2.90. The Kier molecular flexibility index (Phi) is 6.54. The average molecular weight is 355 g/mol. The number of nitrogens with one attached hydrogen (secondary N) is 2. The maximum absolute atomic E-state index is 13.4. The van der Waals surface area contributed by atoms with Gasteiger partial charge in [-0.2, -0.15) is 0 Å². The number of ether oxygens (including phenoxy) is 1. The molecule has 134 valence electrons. The summed E-state index contributed by atoms with van der Waals surface area (Å²) in [5, 5.41) is 4.87. The van der Waals surface area contributed by atoms with Gasteiger partial charge in [0.2, 0.25) is 0 Å². The molecule has 0 saturated carbocycles. The summed E-state index contributed by atoms with van der Waals surface area (Å²) < 4.78 is 18.7. The number of nitrogens with zero attached hydrogens (tertiary/aromatic N) is 1. The number of benzene rings is 1. The number of hydrazine groups is 1. The third-order valence-electron chi connectivity index (χ3n) is 2.58. The van der Waals surface area contributed by atoms with Gasteiger partial charge in [-0.25, -0.2) is 14.6 Å². The maximum Gasteiger partial charge on any atom is 0.426 e. The smallest absolute Gasteiger partial charge is 0.426 e. The van der Waals surface area contributed by atoms with Gasteiger partial charge in [0.1, 0.15) is 11.4 Å². The maximum atomic E-state index is 13.4. The van der Waals surface area contributed by atoms with E-state index in [0.717, 1.165) is 0 Å². The van der Waals surface area contributed by atoms with Crippen molar-refractivity contribution < 1.29 is 13.9 Å². The van der Waals surface area contributed by atoms with E-state index < -0.39 is 11.7 Å². The van der Waals surface area contributed by atoms with E-state index in [-0.39, 0.29) is 17.9 Å². The molecule has 0 saturated heterocycles. The number of rotatable bonds is 2. The topological polar surface area (TPSA) is 53.6 Å². The molecule has 1 rings (SSSR count). The lowest BCUT2D eigenvalue weighted by atomic mass is 10.1. The molecular formula is C17H26FN3O2S. The van der Waals surface area contributed by atoms with Crippen molar-refractivity contribution in [1.29, 1.82) is 0 Å². The van der Waals surface area contributed by atoms with E-state index in [9.17, 15) is 9.18 Å². The lowest BCUT2D eigenvalue weighted by Gasteiger charge is -2.32. The molecule has 0 fully saturated rings. The van der Waals surface area contributed by atoms with Crippen molar-refractivity contribution in [3.05, 3.63) is 35.6 Å². The lowest BCUT2D eigenvalue weighted by Crippen LogP contribution is -2.55. The molecule has 0 aliphatic heterocycles. The summed E-state index contributed by atoms with van der Waals surface area (Å²) in [6.07, 6.45) is -0.628. The van der Waals surface area contributed by atoms with Gasteiger partial charge in [0.05, 0.1) is 6.54 Å². The second-order valence-corrected chi connectivity index (χ2v) is 7.90. The molecule has 0 aliphatic rings. The Bertz CT molecular complexity index is 594. The van der Waals surface area contributed by atoms with Crippen molar-refractivity contribution in [2.45, 2.75) is 59.2 Å². The molecule has 0 heterocycles.